The first-order chi connectivity index (χ1) is 14.2. The van der Waals surface area contributed by atoms with Crippen molar-refractivity contribution in [3.63, 3.8) is 0 Å². The maximum Gasteiger partial charge on any atom is 0.222 e. The molecule has 3 aromatic heterocycles. The van der Waals surface area contributed by atoms with Gasteiger partial charge >= 0.3 is 0 Å². The molecule has 1 fully saturated rings. The van der Waals surface area contributed by atoms with Crippen LogP contribution in [0.15, 0.2) is 22.8 Å². The number of nitrogens with zero attached hydrogens (tertiary/aromatic N) is 4. The monoisotopic (exact) mass is 410 g/mol. The maximum absolute atomic E-state index is 12.3. The summed E-state index contributed by atoms with van der Waals surface area (Å²) in [7, 11) is 0. The van der Waals surface area contributed by atoms with Crippen molar-refractivity contribution in [1.29, 1.82) is 0 Å². The average Bonchev–Trinajstić information content (AvgIpc) is 3.41. The highest BCUT2D eigenvalue weighted by Gasteiger charge is 2.27. The molecular weight excluding hydrogens is 384 g/mol. The zero-order valence-corrected chi connectivity index (χ0v) is 17.6. The van der Waals surface area contributed by atoms with Crippen LogP contribution in [0.4, 0.5) is 5.82 Å². The molecule has 0 aromatic carbocycles. The Morgan fingerprint density at radius 1 is 1.17 bits per heavy atom. The summed E-state index contributed by atoms with van der Waals surface area (Å²) in [5.41, 5.74) is 1.45. The van der Waals surface area contributed by atoms with E-state index < -0.39 is 0 Å². The second kappa shape index (κ2) is 7.78. The number of thiophene rings is 1. The molecule has 0 N–H and O–H groups in total. The van der Waals surface area contributed by atoms with Gasteiger partial charge in [0.25, 0.3) is 0 Å². The Morgan fingerprint density at radius 2 is 2.00 bits per heavy atom. The van der Waals surface area contributed by atoms with E-state index in [0.717, 1.165) is 56.1 Å². The van der Waals surface area contributed by atoms with Gasteiger partial charge in [0.2, 0.25) is 5.91 Å². The van der Waals surface area contributed by atoms with Crippen molar-refractivity contribution in [3.05, 3.63) is 28.8 Å². The lowest BCUT2D eigenvalue weighted by atomic mass is 9.97. The van der Waals surface area contributed by atoms with E-state index in [-0.39, 0.29) is 5.91 Å². The largest absolute Gasteiger partial charge is 0.461 e. The van der Waals surface area contributed by atoms with Gasteiger partial charge in [0.15, 0.2) is 11.6 Å². The van der Waals surface area contributed by atoms with Gasteiger partial charge in [-0.05, 0) is 49.8 Å². The van der Waals surface area contributed by atoms with E-state index in [1.54, 1.807) is 6.26 Å². The minimum absolute atomic E-state index is 0.268. The Balaban J connectivity index is 1.53. The third-order valence-corrected chi connectivity index (χ3v) is 7.12. The Labute approximate surface area is 174 Å². The van der Waals surface area contributed by atoms with Crippen LogP contribution in [-0.2, 0) is 17.6 Å². The standard InChI is InChI=1S/C22H26N4O2S/c1-2-6-18(27)25-10-12-26(13-11-25)21-19-15-7-3-4-9-17(15)29-22(19)24-20(23-21)16-8-5-14-28-16/h5,8,14H,2-4,6-7,9-13H2,1H3. The van der Waals surface area contributed by atoms with Crippen molar-refractivity contribution < 1.29 is 9.21 Å². The van der Waals surface area contributed by atoms with Crippen LogP contribution >= 0.6 is 11.3 Å². The van der Waals surface area contributed by atoms with Gasteiger partial charge in [-0.15, -0.1) is 11.3 Å². The summed E-state index contributed by atoms with van der Waals surface area (Å²) in [5, 5.41) is 1.23. The summed E-state index contributed by atoms with van der Waals surface area (Å²) in [5.74, 6) is 2.64. The van der Waals surface area contributed by atoms with Crippen LogP contribution in [0.5, 0.6) is 0 Å². The van der Waals surface area contributed by atoms with Crippen molar-refractivity contribution in [1.82, 2.24) is 14.9 Å². The molecular formula is C22H26N4O2S. The SMILES string of the molecule is CCCC(=O)N1CCN(c2nc(-c3ccco3)nc3sc4c(c23)CCCC4)CC1. The third kappa shape index (κ3) is 3.41. The third-order valence-electron chi connectivity index (χ3n) is 5.93. The molecule has 1 amide bonds. The molecule has 0 spiro atoms. The van der Waals surface area contributed by atoms with Gasteiger partial charge in [-0.2, -0.15) is 0 Å². The molecule has 0 saturated carbocycles. The molecule has 3 aromatic rings. The number of aryl methyl sites for hydroxylation is 2. The summed E-state index contributed by atoms with van der Waals surface area (Å²) in [6.07, 6.45) is 7.95. The smallest absolute Gasteiger partial charge is 0.222 e. The minimum atomic E-state index is 0.268. The topological polar surface area (TPSA) is 62.5 Å². The fourth-order valence-electron chi connectivity index (χ4n) is 4.42. The average molecular weight is 411 g/mol. The number of amides is 1. The number of hydrogen-bond acceptors (Lipinski definition) is 6. The molecule has 1 saturated heterocycles. The number of rotatable bonds is 4. The number of aromatic nitrogens is 2. The molecule has 1 aliphatic heterocycles. The Kier molecular flexibility index (Phi) is 4.99. The summed E-state index contributed by atoms with van der Waals surface area (Å²) >= 11 is 1.82. The van der Waals surface area contributed by atoms with Crippen molar-refractivity contribution >= 4 is 33.3 Å². The van der Waals surface area contributed by atoms with Gasteiger partial charge in [0, 0.05) is 37.5 Å². The van der Waals surface area contributed by atoms with E-state index in [9.17, 15) is 4.79 Å². The van der Waals surface area contributed by atoms with Crippen LogP contribution in [0.1, 0.15) is 43.0 Å². The highest BCUT2D eigenvalue weighted by Crippen LogP contribution is 2.41. The molecule has 152 valence electrons. The summed E-state index contributed by atoms with van der Waals surface area (Å²) < 4.78 is 5.60. The molecule has 0 unspecified atom stereocenters. The lowest BCUT2D eigenvalue weighted by molar-refractivity contribution is -0.131. The van der Waals surface area contributed by atoms with E-state index in [1.807, 2.05) is 28.4 Å². The Hall–Kier alpha value is -2.41. The van der Waals surface area contributed by atoms with Gasteiger partial charge in [0.05, 0.1) is 11.6 Å². The molecule has 7 heteroatoms. The molecule has 6 nitrogen and oxygen atoms in total. The van der Waals surface area contributed by atoms with Crippen LogP contribution in [0.25, 0.3) is 21.8 Å². The number of carbonyl (C=O) groups excluding carboxylic acids is 1. The van der Waals surface area contributed by atoms with Crippen LogP contribution in [0, 0.1) is 0 Å². The van der Waals surface area contributed by atoms with Gasteiger partial charge in [-0.25, -0.2) is 9.97 Å². The van der Waals surface area contributed by atoms with Crippen LogP contribution < -0.4 is 4.90 Å². The van der Waals surface area contributed by atoms with E-state index in [4.69, 9.17) is 14.4 Å². The lowest BCUT2D eigenvalue weighted by Gasteiger charge is -2.36. The van der Waals surface area contributed by atoms with Crippen molar-refractivity contribution in [2.45, 2.75) is 45.4 Å². The normalized spacial score (nSPS) is 17.0. The maximum atomic E-state index is 12.3. The van der Waals surface area contributed by atoms with Crippen LogP contribution in [0.2, 0.25) is 0 Å². The molecule has 2 aliphatic rings. The highest BCUT2D eigenvalue weighted by molar-refractivity contribution is 7.19. The second-order valence-corrected chi connectivity index (χ2v) is 8.94. The fraction of sp³-hybridized carbons (Fsp3) is 0.500. The summed E-state index contributed by atoms with van der Waals surface area (Å²) in [6, 6.07) is 3.79. The molecule has 1 aliphatic carbocycles. The zero-order valence-electron chi connectivity index (χ0n) is 16.8. The molecule has 0 bridgehead atoms. The lowest BCUT2D eigenvalue weighted by Crippen LogP contribution is -2.49. The van der Waals surface area contributed by atoms with Gasteiger partial charge in [-0.1, -0.05) is 6.92 Å². The molecule has 29 heavy (non-hydrogen) atoms. The molecule has 0 radical (unpaired) electrons. The van der Waals surface area contributed by atoms with Gasteiger partial charge in [0.1, 0.15) is 10.6 Å². The first kappa shape index (κ1) is 18.6. The van der Waals surface area contributed by atoms with Crippen molar-refractivity contribution in [2.24, 2.45) is 0 Å². The Bertz CT molecular complexity index is 1020. The first-order valence-electron chi connectivity index (χ1n) is 10.6. The number of fused-ring (bicyclic) bond motifs is 3. The predicted molar refractivity (Wildman–Crippen MR) is 115 cm³/mol. The second-order valence-electron chi connectivity index (χ2n) is 7.86. The zero-order chi connectivity index (χ0) is 19.8. The summed E-state index contributed by atoms with van der Waals surface area (Å²) in [4.78, 5) is 29.0. The fourth-order valence-corrected chi connectivity index (χ4v) is 5.68. The van der Waals surface area contributed by atoms with Gasteiger partial charge < -0.3 is 14.2 Å². The number of carbonyl (C=O) groups is 1. The predicted octanol–water partition coefficient (Wildman–Crippen LogP) is 4.28. The minimum Gasteiger partial charge on any atom is -0.461 e. The van der Waals surface area contributed by atoms with E-state index in [2.05, 4.69) is 11.8 Å². The molecule has 4 heterocycles. The highest BCUT2D eigenvalue weighted by atomic mass is 32.1. The first-order valence-corrected chi connectivity index (χ1v) is 11.4. The van der Waals surface area contributed by atoms with E-state index >= 15 is 0 Å². The van der Waals surface area contributed by atoms with E-state index in [1.165, 1.54) is 28.7 Å². The summed E-state index contributed by atoms with van der Waals surface area (Å²) in [6.45, 7) is 5.19. The van der Waals surface area contributed by atoms with Crippen molar-refractivity contribution in [3.8, 4) is 11.6 Å². The quantitative estimate of drug-likeness (QED) is 0.642. The number of hydrogen-bond donors (Lipinski definition) is 0. The Morgan fingerprint density at radius 3 is 2.76 bits per heavy atom. The number of furan rings is 1. The van der Waals surface area contributed by atoms with Crippen molar-refractivity contribution in [2.75, 3.05) is 31.1 Å². The number of anilines is 1. The molecule has 0 atom stereocenters. The number of piperazine rings is 1. The van der Waals surface area contributed by atoms with Crippen LogP contribution in [-0.4, -0.2) is 47.0 Å². The van der Waals surface area contributed by atoms with Gasteiger partial charge in [-0.3, -0.25) is 4.79 Å². The van der Waals surface area contributed by atoms with E-state index in [0.29, 0.717) is 18.0 Å². The molecule has 5 rings (SSSR count). The van der Waals surface area contributed by atoms with Crippen LogP contribution in [0.3, 0.4) is 0 Å².